The third-order valence-electron chi connectivity index (χ3n) is 4.37. The molecule has 2 aromatic carbocycles. The second-order valence-electron chi connectivity index (χ2n) is 6.49. The maximum absolute atomic E-state index is 12.6. The summed E-state index contributed by atoms with van der Waals surface area (Å²) < 4.78 is 0. The van der Waals surface area contributed by atoms with E-state index in [-0.39, 0.29) is 11.8 Å². The van der Waals surface area contributed by atoms with Crippen LogP contribution in [0.3, 0.4) is 0 Å². The van der Waals surface area contributed by atoms with Crippen LogP contribution in [-0.4, -0.2) is 32.0 Å². The minimum absolute atomic E-state index is 0.207. The number of hydrogen-bond donors (Lipinski definition) is 3. The number of amides is 2. The van der Waals surface area contributed by atoms with Gasteiger partial charge in [0.25, 0.3) is 11.8 Å². The highest BCUT2D eigenvalue weighted by atomic mass is 16.2. The summed E-state index contributed by atoms with van der Waals surface area (Å²) in [5.74, 6) is 0.149. The second-order valence-corrected chi connectivity index (χ2v) is 6.49. The first-order valence-corrected chi connectivity index (χ1v) is 9.23. The predicted molar refractivity (Wildman–Crippen MR) is 112 cm³/mol. The first-order chi connectivity index (χ1) is 14.7. The third kappa shape index (κ3) is 4.56. The molecule has 3 N–H and O–H groups in total. The van der Waals surface area contributed by atoms with E-state index in [1.165, 1.54) is 12.5 Å². The number of nitrogens with zero attached hydrogens (tertiary/aromatic N) is 3. The lowest BCUT2D eigenvalue weighted by atomic mass is 10.1. The van der Waals surface area contributed by atoms with E-state index in [4.69, 9.17) is 0 Å². The molecule has 8 nitrogen and oxygen atoms in total. The Morgan fingerprint density at radius 3 is 2.60 bits per heavy atom. The number of carbonyl (C=O) groups is 2. The van der Waals surface area contributed by atoms with Gasteiger partial charge in [-0.15, -0.1) is 0 Å². The molecular formula is C22H18N6O2. The summed E-state index contributed by atoms with van der Waals surface area (Å²) in [5.41, 5.74) is 3.27. The fourth-order valence-electron chi connectivity index (χ4n) is 2.90. The van der Waals surface area contributed by atoms with Crippen LogP contribution in [0.2, 0.25) is 0 Å². The van der Waals surface area contributed by atoms with E-state index in [0.29, 0.717) is 29.2 Å². The standard InChI is InChI=1S/C22H18N6O2/c29-21(17-6-2-5-16(11-17)20-25-14-26-28-20)24-12-15-4-1-8-19(10-15)27-22(30)18-7-3-9-23-13-18/h1-11,13-14H,12H2,(H,24,29)(H,27,30)(H,25,26,28). The van der Waals surface area contributed by atoms with Crippen LogP contribution in [0.25, 0.3) is 11.4 Å². The number of rotatable bonds is 6. The van der Waals surface area contributed by atoms with Gasteiger partial charge in [0.2, 0.25) is 0 Å². The van der Waals surface area contributed by atoms with E-state index in [9.17, 15) is 9.59 Å². The predicted octanol–water partition coefficient (Wildman–Crippen LogP) is 3.05. The molecular weight excluding hydrogens is 380 g/mol. The molecule has 0 saturated heterocycles. The number of carbonyl (C=O) groups excluding carboxylic acids is 2. The number of hydrogen-bond acceptors (Lipinski definition) is 5. The Morgan fingerprint density at radius 1 is 0.933 bits per heavy atom. The molecule has 0 aliphatic rings. The summed E-state index contributed by atoms with van der Waals surface area (Å²) in [4.78, 5) is 32.9. The van der Waals surface area contributed by atoms with Gasteiger partial charge in [0.15, 0.2) is 5.82 Å². The van der Waals surface area contributed by atoms with Crippen molar-refractivity contribution in [2.24, 2.45) is 0 Å². The largest absolute Gasteiger partial charge is 0.348 e. The molecule has 0 fully saturated rings. The summed E-state index contributed by atoms with van der Waals surface area (Å²) >= 11 is 0. The van der Waals surface area contributed by atoms with Crippen LogP contribution in [0.5, 0.6) is 0 Å². The summed E-state index contributed by atoms with van der Waals surface area (Å²) in [7, 11) is 0. The fourth-order valence-corrected chi connectivity index (χ4v) is 2.90. The Balaban J connectivity index is 1.39. The van der Waals surface area contributed by atoms with Crippen molar-refractivity contribution in [3.05, 3.63) is 96.1 Å². The van der Waals surface area contributed by atoms with Gasteiger partial charge < -0.3 is 10.6 Å². The van der Waals surface area contributed by atoms with Crippen LogP contribution in [0.15, 0.2) is 79.4 Å². The van der Waals surface area contributed by atoms with Crippen molar-refractivity contribution in [1.29, 1.82) is 0 Å². The zero-order valence-corrected chi connectivity index (χ0v) is 15.9. The molecule has 4 rings (SSSR count). The molecule has 2 amide bonds. The second kappa shape index (κ2) is 8.78. The topological polar surface area (TPSA) is 113 Å². The van der Waals surface area contributed by atoms with Crippen molar-refractivity contribution in [3.63, 3.8) is 0 Å². The Kier molecular flexibility index (Phi) is 5.56. The van der Waals surface area contributed by atoms with E-state index < -0.39 is 0 Å². The van der Waals surface area contributed by atoms with Gasteiger partial charge in [-0.25, -0.2) is 4.98 Å². The van der Waals surface area contributed by atoms with Crippen molar-refractivity contribution in [3.8, 4) is 11.4 Å². The monoisotopic (exact) mass is 398 g/mol. The van der Waals surface area contributed by atoms with Crippen LogP contribution in [0, 0.1) is 0 Å². The molecule has 4 aromatic rings. The lowest BCUT2D eigenvalue weighted by molar-refractivity contribution is 0.0950. The summed E-state index contributed by atoms with van der Waals surface area (Å²) in [6, 6.07) is 17.8. The lowest BCUT2D eigenvalue weighted by Crippen LogP contribution is -2.23. The van der Waals surface area contributed by atoms with Crippen LogP contribution in [0.1, 0.15) is 26.3 Å². The van der Waals surface area contributed by atoms with Gasteiger partial charge in [0, 0.05) is 35.8 Å². The van der Waals surface area contributed by atoms with E-state index in [2.05, 4.69) is 30.8 Å². The van der Waals surface area contributed by atoms with Crippen molar-refractivity contribution in [2.45, 2.75) is 6.54 Å². The van der Waals surface area contributed by atoms with Crippen molar-refractivity contribution in [1.82, 2.24) is 25.5 Å². The first-order valence-electron chi connectivity index (χ1n) is 9.23. The molecule has 2 heterocycles. The Hall–Kier alpha value is -4.33. The zero-order chi connectivity index (χ0) is 20.8. The first kappa shape index (κ1) is 19.0. The van der Waals surface area contributed by atoms with Gasteiger partial charge in [-0.2, -0.15) is 5.10 Å². The summed E-state index contributed by atoms with van der Waals surface area (Å²) in [6.45, 7) is 0.321. The number of benzene rings is 2. The number of anilines is 1. The molecule has 0 radical (unpaired) electrons. The number of aromatic nitrogens is 4. The van der Waals surface area contributed by atoms with Gasteiger partial charge in [0.1, 0.15) is 6.33 Å². The van der Waals surface area contributed by atoms with Gasteiger partial charge in [-0.1, -0.05) is 24.3 Å². The Labute approximate surface area is 172 Å². The van der Waals surface area contributed by atoms with Crippen LogP contribution >= 0.6 is 0 Å². The van der Waals surface area contributed by atoms with E-state index >= 15 is 0 Å². The van der Waals surface area contributed by atoms with Gasteiger partial charge in [-0.05, 0) is 42.0 Å². The lowest BCUT2D eigenvalue weighted by Gasteiger charge is -2.09. The summed E-state index contributed by atoms with van der Waals surface area (Å²) in [5, 5.41) is 12.3. The molecule has 8 heteroatoms. The van der Waals surface area contributed by atoms with Crippen molar-refractivity contribution >= 4 is 17.5 Å². The average Bonchev–Trinajstić information content (AvgIpc) is 3.33. The van der Waals surface area contributed by atoms with Crippen LogP contribution < -0.4 is 10.6 Å². The minimum atomic E-state index is -0.242. The molecule has 0 bridgehead atoms. The van der Waals surface area contributed by atoms with Crippen LogP contribution in [-0.2, 0) is 6.54 Å². The van der Waals surface area contributed by atoms with Crippen molar-refractivity contribution < 1.29 is 9.59 Å². The van der Waals surface area contributed by atoms with E-state index in [1.54, 1.807) is 42.6 Å². The number of H-pyrrole nitrogens is 1. The Bertz CT molecular complexity index is 1160. The average molecular weight is 398 g/mol. The minimum Gasteiger partial charge on any atom is -0.348 e. The highest BCUT2D eigenvalue weighted by Crippen LogP contribution is 2.16. The number of nitrogens with one attached hydrogen (secondary N) is 3. The van der Waals surface area contributed by atoms with Gasteiger partial charge in [0.05, 0.1) is 5.56 Å². The maximum Gasteiger partial charge on any atom is 0.257 e. The molecule has 0 saturated carbocycles. The van der Waals surface area contributed by atoms with Gasteiger partial charge >= 0.3 is 0 Å². The molecule has 0 unspecified atom stereocenters. The van der Waals surface area contributed by atoms with Gasteiger partial charge in [-0.3, -0.25) is 19.7 Å². The SMILES string of the molecule is O=C(NCc1cccc(NC(=O)c2cccnc2)c1)c1cccc(-c2ncn[nH]2)c1. The molecule has 2 aromatic heterocycles. The quantitative estimate of drug-likeness (QED) is 0.462. The van der Waals surface area contributed by atoms with Crippen LogP contribution in [0.4, 0.5) is 5.69 Å². The Morgan fingerprint density at radius 2 is 1.80 bits per heavy atom. The summed E-state index contributed by atoms with van der Waals surface area (Å²) in [6.07, 6.45) is 4.54. The van der Waals surface area contributed by atoms with Crippen molar-refractivity contribution in [2.75, 3.05) is 5.32 Å². The molecule has 0 spiro atoms. The van der Waals surface area contributed by atoms with E-state index in [1.807, 2.05) is 24.3 Å². The normalized spacial score (nSPS) is 10.4. The zero-order valence-electron chi connectivity index (χ0n) is 15.9. The highest BCUT2D eigenvalue weighted by Gasteiger charge is 2.09. The molecule has 0 aliphatic heterocycles. The fraction of sp³-hybridized carbons (Fsp3) is 0.0455. The highest BCUT2D eigenvalue weighted by molar-refractivity contribution is 6.04. The van der Waals surface area contributed by atoms with E-state index in [0.717, 1.165) is 11.1 Å². The molecule has 148 valence electrons. The molecule has 30 heavy (non-hydrogen) atoms. The molecule has 0 aliphatic carbocycles. The molecule has 0 atom stereocenters. The smallest absolute Gasteiger partial charge is 0.257 e. The number of pyridine rings is 1. The number of aromatic amines is 1. The maximum atomic E-state index is 12.6. The third-order valence-corrected chi connectivity index (χ3v) is 4.37.